The number of rotatable bonds is 4. The second kappa shape index (κ2) is 6.41. The van der Waals surface area contributed by atoms with Gasteiger partial charge in [-0.15, -0.1) is 0 Å². The SMILES string of the molecule is CC(C)C1=CCN(CC(C)(C)N2CCCCC2)CC1. The molecule has 0 N–H and O–H groups in total. The molecule has 0 amide bonds. The van der Waals surface area contributed by atoms with Gasteiger partial charge in [0.2, 0.25) is 0 Å². The van der Waals surface area contributed by atoms with Crippen molar-refractivity contribution in [2.24, 2.45) is 5.92 Å². The lowest BCUT2D eigenvalue weighted by Crippen LogP contribution is -2.54. The molecule has 0 aromatic rings. The molecule has 0 atom stereocenters. The van der Waals surface area contributed by atoms with Crippen molar-refractivity contribution in [3.8, 4) is 0 Å². The molecule has 0 saturated carbocycles. The van der Waals surface area contributed by atoms with Gasteiger partial charge in [-0.05, 0) is 52.1 Å². The first-order valence-electron chi connectivity index (χ1n) is 8.15. The molecule has 2 nitrogen and oxygen atoms in total. The molecule has 1 fully saturated rings. The largest absolute Gasteiger partial charge is 0.298 e. The number of hydrogen-bond donors (Lipinski definition) is 0. The summed E-state index contributed by atoms with van der Waals surface area (Å²) in [6.45, 7) is 15.7. The Bertz CT molecular complexity index is 311. The summed E-state index contributed by atoms with van der Waals surface area (Å²) in [4.78, 5) is 5.35. The van der Waals surface area contributed by atoms with Crippen LogP contribution in [0.4, 0.5) is 0 Å². The topological polar surface area (TPSA) is 6.48 Å². The Morgan fingerprint density at radius 1 is 1.11 bits per heavy atom. The van der Waals surface area contributed by atoms with Gasteiger partial charge in [0.25, 0.3) is 0 Å². The number of likely N-dealkylation sites (tertiary alicyclic amines) is 1. The number of nitrogens with zero attached hydrogens (tertiary/aromatic N) is 2. The molecular formula is C17H32N2. The molecule has 0 aromatic carbocycles. The summed E-state index contributed by atoms with van der Waals surface area (Å²) in [5, 5.41) is 0. The molecule has 0 unspecified atom stereocenters. The van der Waals surface area contributed by atoms with Crippen molar-refractivity contribution in [1.29, 1.82) is 0 Å². The minimum Gasteiger partial charge on any atom is -0.298 e. The molecule has 2 heterocycles. The second-order valence-electron chi connectivity index (χ2n) is 7.28. The predicted octanol–water partition coefficient (Wildman–Crippen LogP) is 3.54. The maximum atomic E-state index is 2.71. The molecule has 0 radical (unpaired) electrons. The van der Waals surface area contributed by atoms with Crippen molar-refractivity contribution < 1.29 is 0 Å². The average molecular weight is 264 g/mol. The van der Waals surface area contributed by atoms with Crippen molar-refractivity contribution in [3.05, 3.63) is 11.6 Å². The molecule has 2 aliphatic rings. The summed E-state index contributed by atoms with van der Waals surface area (Å²) in [6, 6.07) is 0. The van der Waals surface area contributed by atoms with Gasteiger partial charge in [-0.2, -0.15) is 0 Å². The van der Waals surface area contributed by atoms with Crippen LogP contribution in [0.15, 0.2) is 11.6 Å². The fraction of sp³-hybridized carbons (Fsp3) is 0.882. The fourth-order valence-electron chi connectivity index (χ4n) is 3.54. The van der Waals surface area contributed by atoms with Crippen LogP contribution in [0.2, 0.25) is 0 Å². The van der Waals surface area contributed by atoms with Crippen LogP contribution in [0.3, 0.4) is 0 Å². The summed E-state index contributed by atoms with van der Waals surface area (Å²) in [6.07, 6.45) is 7.95. The highest BCUT2D eigenvalue weighted by molar-refractivity contribution is 5.10. The molecule has 0 aromatic heterocycles. The van der Waals surface area contributed by atoms with Crippen molar-refractivity contribution in [1.82, 2.24) is 9.80 Å². The van der Waals surface area contributed by atoms with Gasteiger partial charge in [-0.3, -0.25) is 9.80 Å². The molecule has 0 aliphatic carbocycles. The third-order valence-corrected chi connectivity index (χ3v) is 4.89. The quantitative estimate of drug-likeness (QED) is 0.717. The normalized spacial score (nSPS) is 23.7. The van der Waals surface area contributed by atoms with E-state index in [0.717, 1.165) is 12.5 Å². The van der Waals surface area contributed by atoms with Crippen LogP contribution < -0.4 is 0 Å². The van der Waals surface area contributed by atoms with E-state index in [4.69, 9.17) is 0 Å². The minimum absolute atomic E-state index is 0.337. The van der Waals surface area contributed by atoms with Gasteiger partial charge in [0.1, 0.15) is 0 Å². The lowest BCUT2D eigenvalue weighted by atomic mass is 9.94. The highest BCUT2D eigenvalue weighted by atomic mass is 15.2. The summed E-state index contributed by atoms with van der Waals surface area (Å²) in [5.41, 5.74) is 2.00. The van der Waals surface area contributed by atoms with Gasteiger partial charge in [0, 0.05) is 25.2 Å². The summed E-state index contributed by atoms with van der Waals surface area (Å²) < 4.78 is 0. The molecule has 2 aliphatic heterocycles. The highest BCUT2D eigenvalue weighted by Gasteiger charge is 2.30. The highest BCUT2D eigenvalue weighted by Crippen LogP contribution is 2.24. The Labute approximate surface area is 119 Å². The lowest BCUT2D eigenvalue weighted by molar-refractivity contribution is 0.0597. The van der Waals surface area contributed by atoms with Crippen LogP contribution in [-0.2, 0) is 0 Å². The smallest absolute Gasteiger partial charge is 0.0280 e. The van der Waals surface area contributed by atoms with E-state index in [1.165, 1.54) is 51.9 Å². The Morgan fingerprint density at radius 2 is 1.79 bits per heavy atom. The minimum atomic E-state index is 0.337. The number of piperidine rings is 1. The Morgan fingerprint density at radius 3 is 2.32 bits per heavy atom. The second-order valence-corrected chi connectivity index (χ2v) is 7.28. The molecule has 0 spiro atoms. The fourth-order valence-corrected chi connectivity index (χ4v) is 3.54. The van der Waals surface area contributed by atoms with Gasteiger partial charge in [-0.1, -0.05) is 31.9 Å². The standard InChI is InChI=1S/C17H32N2/c1-15(2)16-8-12-18(13-9-16)14-17(3,4)19-10-6-5-7-11-19/h8,15H,5-7,9-14H2,1-4H3. The monoisotopic (exact) mass is 264 g/mol. The molecule has 2 rings (SSSR count). The Kier molecular flexibility index (Phi) is 5.08. The summed E-state index contributed by atoms with van der Waals surface area (Å²) in [7, 11) is 0. The van der Waals surface area contributed by atoms with E-state index in [-0.39, 0.29) is 0 Å². The lowest BCUT2D eigenvalue weighted by Gasteiger charge is -2.44. The summed E-state index contributed by atoms with van der Waals surface area (Å²) in [5.74, 6) is 0.734. The molecule has 2 heteroatoms. The number of hydrogen-bond acceptors (Lipinski definition) is 2. The van der Waals surface area contributed by atoms with Gasteiger partial charge >= 0.3 is 0 Å². The van der Waals surface area contributed by atoms with Gasteiger partial charge in [0.05, 0.1) is 0 Å². The first kappa shape index (κ1) is 15.1. The average Bonchev–Trinajstić information content (AvgIpc) is 2.40. The van der Waals surface area contributed by atoms with Gasteiger partial charge in [-0.25, -0.2) is 0 Å². The van der Waals surface area contributed by atoms with Crippen LogP contribution in [0.5, 0.6) is 0 Å². The van der Waals surface area contributed by atoms with Crippen LogP contribution in [0.25, 0.3) is 0 Å². The van der Waals surface area contributed by atoms with Crippen molar-refractivity contribution in [2.45, 2.75) is 58.9 Å². The zero-order valence-electron chi connectivity index (χ0n) is 13.4. The van der Waals surface area contributed by atoms with Crippen LogP contribution in [0, 0.1) is 5.92 Å². The van der Waals surface area contributed by atoms with Crippen LogP contribution in [0.1, 0.15) is 53.4 Å². The van der Waals surface area contributed by atoms with E-state index in [1.807, 2.05) is 0 Å². The zero-order chi connectivity index (χ0) is 13.9. The first-order chi connectivity index (χ1) is 8.99. The van der Waals surface area contributed by atoms with E-state index in [2.05, 4.69) is 43.6 Å². The predicted molar refractivity (Wildman–Crippen MR) is 83.5 cm³/mol. The molecule has 110 valence electrons. The van der Waals surface area contributed by atoms with Crippen molar-refractivity contribution in [3.63, 3.8) is 0 Å². The van der Waals surface area contributed by atoms with Gasteiger partial charge < -0.3 is 0 Å². The van der Waals surface area contributed by atoms with Crippen molar-refractivity contribution >= 4 is 0 Å². The maximum absolute atomic E-state index is 2.71. The first-order valence-corrected chi connectivity index (χ1v) is 8.15. The van der Waals surface area contributed by atoms with Crippen LogP contribution in [-0.4, -0.2) is 48.1 Å². The summed E-state index contributed by atoms with van der Waals surface area (Å²) >= 11 is 0. The third kappa shape index (κ3) is 4.06. The Hall–Kier alpha value is -0.340. The van der Waals surface area contributed by atoms with E-state index in [9.17, 15) is 0 Å². The van der Waals surface area contributed by atoms with E-state index in [1.54, 1.807) is 5.57 Å². The zero-order valence-corrected chi connectivity index (χ0v) is 13.4. The molecule has 0 bridgehead atoms. The molecule has 1 saturated heterocycles. The van der Waals surface area contributed by atoms with Crippen LogP contribution >= 0.6 is 0 Å². The van der Waals surface area contributed by atoms with E-state index in [0.29, 0.717) is 5.54 Å². The third-order valence-electron chi connectivity index (χ3n) is 4.89. The molecule has 19 heavy (non-hydrogen) atoms. The van der Waals surface area contributed by atoms with E-state index >= 15 is 0 Å². The van der Waals surface area contributed by atoms with E-state index < -0.39 is 0 Å². The Balaban J connectivity index is 1.87. The molecular weight excluding hydrogens is 232 g/mol. The van der Waals surface area contributed by atoms with Crippen molar-refractivity contribution in [2.75, 3.05) is 32.7 Å². The van der Waals surface area contributed by atoms with Gasteiger partial charge in [0.15, 0.2) is 0 Å². The maximum Gasteiger partial charge on any atom is 0.0280 e.